The minimum atomic E-state index is 0.117. The van der Waals surface area contributed by atoms with E-state index in [0.717, 1.165) is 18.8 Å². The molecule has 0 amide bonds. The zero-order chi connectivity index (χ0) is 13.8. The van der Waals surface area contributed by atoms with Gasteiger partial charge in [-0.25, -0.2) is 14.7 Å². The molecule has 1 unspecified atom stereocenters. The summed E-state index contributed by atoms with van der Waals surface area (Å²) in [6, 6.07) is 0. The van der Waals surface area contributed by atoms with E-state index in [1.165, 1.54) is 0 Å². The molecule has 0 saturated carbocycles. The summed E-state index contributed by atoms with van der Waals surface area (Å²) in [6.07, 6.45) is 5.09. The molecule has 0 radical (unpaired) electrons. The van der Waals surface area contributed by atoms with Gasteiger partial charge in [0.25, 0.3) is 0 Å². The molecule has 1 atom stereocenters. The van der Waals surface area contributed by atoms with Gasteiger partial charge in [0.05, 0.1) is 0 Å². The summed E-state index contributed by atoms with van der Waals surface area (Å²) < 4.78 is 2.54. The van der Waals surface area contributed by atoms with Gasteiger partial charge in [0.2, 0.25) is 0 Å². The van der Waals surface area contributed by atoms with E-state index in [4.69, 9.17) is 24.4 Å². The number of hydrogen-bond acceptors (Lipinski definition) is 5. The van der Waals surface area contributed by atoms with Crippen LogP contribution in [-0.4, -0.2) is 47.5 Å². The molecule has 19 heavy (non-hydrogen) atoms. The average molecular weight is 352 g/mol. The van der Waals surface area contributed by atoms with Gasteiger partial charge in [0.1, 0.15) is 11.7 Å². The lowest BCUT2D eigenvalue weighted by atomic mass is 10.5. The van der Waals surface area contributed by atoms with Crippen LogP contribution in [0.25, 0.3) is 0 Å². The van der Waals surface area contributed by atoms with Crippen molar-refractivity contribution in [2.45, 2.75) is 5.37 Å². The third-order valence-corrected chi connectivity index (χ3v) is 4.39. The molecule has 5 nitrogen and oxygen atoms in total. The highest BCUT2D eigenvalue weighted by atomic mass is 32.2. The minimum Gasteiger partial charge on any atom is -0.313 e. The van der Waals surface area contributed by atoms with Gasteiger partial charge in [-0.2, -0.15) is 5.12 Å². The number of imidazole rings is 1. The first-order valence-electron chi connectivity index (χ1n) is 5.47. The van der Waals surface area contributed by atoms with Crippen molar-refractivity contribution in [1.82, 2.24) is 20.0 Å². The molecule has 1 fully saturated rings. The van der Waals surface area contributed by atoms with E-state index in [2.05, 4.69) is 35.6 Å². The Labute approximate surface area is 137 Å². The Balaban J connectivity index is 2.29. The molecule has 1 aliphatic heterocycles. The molecule has 1 aromatic heterocycles. The number of hydrogen-bond donors (Lipinski definition) is 3. The van der Waals surface area contributed by atoms with Crippen molar-refractivity contribution in [1.29, 1.82) is 0 Å². The monoisotopic (exact) mass is 351 g/mol. The smallest absolute Gasteiger partial charge is 0.175 e. The quantitative estimate of drug-likeness (QED) is 0.419. The van der Waals surface area contributed by atoms with Crippen LogP contribution in [-0.2, 0) is 0 Å². The van der Waals surface area contributed by atoms with Crippen LogP contribution in [0.5, 0.6) is 0 Å². The van der Waals surface area contributed by atoms with Crippen LogP contribution in [0, 0.1) is 0 Å². The summed E-state index contributed by atoms with van der Waals surface area (Å²) in [6.45, 7) is 1.79. The lowest BCUT2D eigenvalue weighted by Crippen LogP contribution is -2.59. The number of rotatable bonds is 2. The van der Waals surface area contributed by atoms with Gasteiger partial charge in [-0.1, -0.05) is 12.2 Å². The van der Waals surface area contributed by atoms with Crippen molar-refractivity contribution in [2.24, 2.45) is 0 Å². The summed E-state index contributed by atoms with van der Waals surface area (Å²) in [4.78, 5) is 4.02. The fraction of sp³-hybridized carbons (Fsp3) is 0.444. The van der Waals surface area contributed by atoms with Gasteiger partial charge < -0.3 is 5.32 Å². The van der Waals surface area contributed by atoms with Crippen molar-refractivity contribution in [3.63, 3.8) is 0 Å². The van der Waals surface area contributed by atoms with Crippen LogP contribution >= 0.6 is 61.5 Å². The van der Waals surface area contributed by atoms with E-state index in [9.17, 15) is 0 Å². The first-order valence-corrected chi connectivity index (χ1v) is 8.23. The van der Waals surface area contributed by atoms with E-state index in [1.807, 2.05) is 5.01 Å². The normalized spacial score (nSPS) is 18.9. The average Bonchev–Trinajstić information content (AvgIpc) is 2.89. The first-order chi connectivity index (χ1) is 9.11. The van der Waals surface area contributed by atoms with Crippen molar-refractivity contribution in [3.8, 4) is 0 Å². The Kier molecular flexibility index (Phi) is 5.78. The van der Waals surface area contributed by atoms with Crippen LogP contribution in [0.3, 0.4) is 0 Å². The molecule has 1 N–H and O–H groups in total. The molecule has 10 heteroatoms. The summed E-state index contributed by atoms with van der Waals surface area (Å²) in [5, 5.41) is 6.98. The third kappa shape index (κ3) is 3.76. The molecule has 1 aliphatic rings. The largest absolute Gasteiger partial charge is 0.313 e. The zero-order valence-electron chi connectivity index (χ0n) is 9.84. The highest BCUT2D eigenvalue weighted by molar-refractivity contribution is 8.12. The Morgan fingerprint density at radius 1 is 1.42 bits per heavy atom. The standard InChI is InChI=1S/C9H13N5S5/c15-8(16)13(7-5-10-2-4-19-7)14(9(17)18)12-3-1-11-6-12/h1,3,6-7,10H,2,4-5H2,(H,15,16)(H,17,18). The summed E-state index contributed by atoms with van der Waals surface area (Å²) in [5.74, 6) is 1.01. The Bertz CT molecular complexity index is 444. The van der Waals surface area contributed by atoms with Gasteiger partial charge >= 0.3 is 0 Å². The number of aromatic nitrogens is 2. The summed E-state index contributed by atoms with van der Waals surface area (Å²) in [5.41, 5.74) is 0. The van der Waals surface area contributed by atoms with Gasteiger partial charge in [-0.05, 0) is 12.2 Å². The van der Waals surface area contributed by atoms with E-state index in [-0.39, 0.29) is 5.37 Å². The van der Waals surface area contributed by atoms with E-state index in [0.29, 0.717) is 8.64 Å². The van der Waals surface area contributed by atoms with Gasteiger partial charge in [0, 0.05) is 31.2 Å². The lowest BCUT2D eigenvalue weighted by molar-refractivity contribution is 0.342. The van der Waals surface area contributed by atoms with Crippen LogP contribution in [0.1, 0.15) is 0 Å². The predicted molar refractivity (Wildman–Crippen MR) is 94.6 cm³/mol. The minimum absolute atomic E-state index is 0.117. The van der Waals surface area contributed by atoms with Crippen LogP contribution in [0.2, 0.25) is 0 Å². The fourth-order valence-electron chi connectivity index (χ4n) is 1.70. The topological polar surface area (TPSA) is 36.3 Å². The predicted octanol–water partition coefficient (Wildman–Crippen LogP) is 1.13. The molecular weight excluding hydrogens is 338 g/mol. The summed E-state index contributed by atoms with van der Waals surface area (Å²) in [7, 11) is 0. The van der Waals surface area contributed by atoms with Crippen molar-refractivity contribution >= 4 is 70.1 Å². The molecule has 2 rings (SSSR count). The maximum absolute atomic E-state index is 5.25. The maximum Gasteiger partial charge on any atom is 0.175 e. The van der Waals surface area contributed by atoms with E-state index < -0.39 is 0 Å². The number of thiol groups is 2. The van der Waals surface area contributed by atoms with E-state index >= 15 is 0 Å². The Hall–Kier alpha value is -0.000000000000000167. The van der Waals surface area contributed by atoms with Crippen LogP contribution in [0.15, 0.2) is 18.7 Å². The molecule has 2 heterocycles. The second-order valence-electron chi connectivity index (χ2n) is 3.67. The SMILES string of the molecule is S=C(S)N(C1CNCCS1)N(C(=S)S)n1ccnc1. The molecule has 0 aromatic carbocycles. The Morgan fingerprint density at radius 2 is 2.21 bits per heavy atom. The zero-order valence-corrected chi connectivity index (χ0v) is 14.1. The first kappa shape index (κ1) is 15.4. The second-order valence-corrected chi connectivity index (χ2v) is 7.18. The number of hydrazine groups is 1. The van der Waals surface area contributed by atoms with Gasteiger partial charge in [-0.15, -0.1) is 37.0 Å². The summed E-state index contributed by atoms with van der Waals surface area (Å²) >= 11 is 20.8. The highest BCUT2D eigenvalue weighted by Gasteiger charge is 2.29. The molecule has 104 valence electrons. The molecular formula is C9H13N5S5. The number of thioether (sulfide) groups is 1. The lowest BCUT2D eigenvalue weighted by Gasteiger charge is -2.41. The van der Waals surface area contributed by atoms with Gasteiger partial charge in [0.15, 0.2) is 8.64 Å². The second kappa shape index (κ2) is 7.14. The fourth-order valence-corrected chi connectivity index (χ4v) is 3.76. The molecule has 1 aromatic rings. The molecule has 0 spiro atoms. The Morgan fingerprint density at radius 3 is 2.68 bits per heavy atom. The number of nitrogens with one attached hydrogen (secondary N) is 1. The van der Waals surface area contributed by atoms with Crippen LogP contribution < -0.4 is 10.4 Å². The number of nitrogens with zero attached hydrogens (tertiary/aromatic N) is 4. The van der Waals surface area contributed by atoms with Crippen molar-refractivity contribution in [3.05, 3.63) is 18.7 Å². The molecule has 1 saturated heterocycles. The molecule has 0 aliphatic carbocycles. The van der Waals surface area contributed by atoms with Crippen molar-refractivity contribution in [2.75, 3.05) is 24.0 Å². The highest BCUT2D eigenvalue weighted by Crippen LogP contribution is 2.22. The van der Waals surface area contributed by atoms with Crippen molar-refractivity contribution < 1.29 is 0 Å². The number of thiocarbonyl (C=S) groups is 2. The van der Waals surface area contributed by atoms with Crippen LogP contribution in [0.4, 0.5) is 0 Å². The third-order valence-electron chi connectivity index (χ3n) is 2.46. The molecule has 0 bridgehead atoms. The maximum atomic E-state index is 5.25. The van der Waals surface area contributed by atoms with Gasteiger partial charge in [-0.3, -0.25) is 0 Å². The van der Waals surface area contributed by atoms with E-state index in [1.54, 1.807) is 40.3 Å².